The fourth-order valence-electron chi connectivity index (χ4n) is 3.04. The number of aryl methyl sites for hydroxylation is 1. The number of fused-ring (bicyclic) bond motifs is 1. The molecule has 0 aromatic heterocycles. The Kier molecular flexibility index (Phi) is 3.51. The maximum atomic E-state index is 13.0. The van der Waals surface area contributed by atoms with E-state index in [1.807, 2.05) is 85.8 Å². The molecule has 0 radical (unpaired) electrons. The molecule has 0 N–H and O–H groups in total. The molecule has 0 saturated heterocycles. The van der Waals surface area contributed by atoms with Crippen molar-refractivity contribution in [2.75, 3.05) is 4.90 Å². The lowest BCUT2D eigenvalue weighted by Gasteiger charge is -2.19. The van der Waals surface area contributed by atoms with Crippen LogP contribution in [-0.4, -0.2) is 5.91 Å². The quantitative estimate of drug-likeness (QED) is 0.640. The Balaban J connectivity index is 1.90. The lowest BCUT2D eigenvalue weighted by Crippen LogP contribution is -2.22. The van der Waals surface area contributed by atoms with Crippen LogP contribution in [0, 0.1) is 6.92 Å². The summed E-state index contributed by atoms with van der Waals surface area (Å²) >= 11 is 0. The van der Waals surface area contributed by atoms with E-state index in [-0.39, 0.29) is 5.91 Å². The number of benzene rings is 3. The van der Waals surface area contributed by atoms with Crippen LogP contribution in [0.2, 0.25) is 0 Å². The van der Waals surface area contributed by atoms with Gasteiger partial charge in [-0.2, -0.15) is 0 Å². The van der Waals surface area contributed by atoms with Gasteiger partial charge >= 0.3 is 0 Å². The zero-order valence-corrected chi connectivity index (χ0v) is 13.4. The molecule has 24 heavy (non-hydrogen) atoms. The Morgan fingerprint density at radius 2 is 1.38 bits per heavy atom. The molecule has 0 fully saturated rings. The fourth-order valence-corrected chi connectivity index (χ4v) is 3.04. The summed E-state index contributed by atoms with van der Waals surface area (Å²) < 4.78 is 0. The van der Waals surface area contributed by atoms with Crippen molar-refractivity contribution in [3.63, 3.8) is 0 Å². The first-order chi connectivity index (χ1) is 11.7. The predicted octanol–water partition coefficient (Wildman–Crippen LogP) is 5.15. The average molecular weight is 311 g/mol. The van der Waals surface area contributed by atoms with Gasteiger partial charge in [-0.1, -0.05) is 66.2 Å². The van der Waals surface area contributed by atoms with Crippen molar-refractivity contribution in [2.45, 2.75) is 6.92 Å². The van der Waals surface area contributed by atoms with Crippen LogP contribution in [-0.2, 0) is 0 Å². The normalized spacial score (nSPS) is 15.0. The maximum absolute atomic E-state index is 13.0. The number of nitrogens with zero attached hydrogens (tertiary/aromatic N) is 1. The second-order valence-corrected chi connectivity index (χ2v) is 5.96. The van der Waals surface area contributed by atoms with Crippen LogP contribution < -0.4 is 4.90 Å². The molecule has 2 nitrogen and oxygen atoms in total. The number of carbonyl (C=O) groups is 1. The Labute approximate surface area is 141 Å². The lowest BCUT2D eigenvalue weighted by molar-refractivity contribution is 0.101. The van der Waals surface area contributed by atoms with Crippen molar-refractivity contribution in [3.05, 3.63) is 101 Å². The molecule has 116 valence electrons. The molecule has 3 aromatic carbocycles. The Morgan fingerprint density at radius 3 is 2.08 bits per heavy atom. The van der Waals surface area contributed by atoms with Crippen LogP contribution in [0.25, 0.3) is 11.8 Å². The number of carbonyl (C=O) groups excluding carboxylic acids is 1. The third kappa shape index (κ3) is 2.42. The molecular formula is C22H17NO. The molecule has 1 heterocycles. The van der Waals surface area contributed by atoms with Gasteiger partial charge < -0.3 is 0 Å². The van der Waals surface area contributed by atoms with E-state index in [9.17, 15) is 4.79 Å². The minimum atomic E-state index is 0.0247. The standard InChI is InChI=1S/C22H17NO/c1-16-11-13-18(14-12-16)23-21(15-17-7-3-2-4-8-17)19-9-5-6-10-20(19)22(23)24/h2-15H,1H3/b21-15-. The monoisotopic (exact) mass is 311 g/mol. The molecule has 0 bridgehead atoms. The van der Waals surface area contributed by atoms with Gasteiger partial charge in [0.05, 0.1) is 5.70 Å². The van der Waals surface area contributed by atoms with E-state index in [1.165, 1.54) is 5.56 Å². The minimum absolute atomic E-state index is 0.0247. The van der Waals surface area contributed by atoms with Crippen molar-refractivity contribution in [3.8, 4) is 0 Å². The summed E-state index contributed by atoms with van der Waals surface area (Å²) in [6.45, 7) is 2.05. The highest BCUT2D eigenvalue weighted by molar-refractivity contribution is 6.24. The predicted molar refractivity (Wildman–Crippen MR) is 98.7 cm³/mol. The third-order valence-corrected chi connectivity index (χ3v) is 4.27. The highest BCUT2D eigenvalue weighted by Gasteiger charge is 2.32. The van der Waals surface area contributed by atoms with Gasteiger partial charge in [0.1, 0.15) is 0 Å². The molecule has 0 saturated carbocycles. The van der Waals surface area contributed by atoms with Crippen molar-refractivity contribution in [1.82, 2.24) is 0 Å². The SMILES string of the molecule is Cc1ccc(N2C(=O)c3ccccc3/C2=C/c2ccccc2)cc1. The molecule has 0 atom stereocenters. The third-order valence-electron chi connectivity index (χ3n) is 4.27. The van der Waals surface area contributed by atoms with Gasteiger partial charge in [-0.05, 0) is 36.8 Å². The highest BCUT2D eigenvalue weighted by atomic mass is 16.2. The van der Waals surface area contributed by atoms with Crippen molar-refractivity contribution in [2.24, 2.45) is 0 Å². The number of anilines is 1. The summed E-state index contributed by atoms with van der Waals surface area (Å²) in [5, 5.41) is 0. The molecule has 0 unspecified atom stereocenters. The first-order valence-corrected chi connectivity index (χ1v) is 8.01. The number of amides is 1. The zero-order chi connectivity index (χ0) is 16.5. The van der Waals surface area contributed by atoms with Crippen LogP contribution in [0.3, 0.4) is 0 Å². The van der Waals surface area contributed by atoms with Gasteiger partial charge in [0.25, 0.3) is 5.91 Å². The van der Waals surface area contributed by atoms with E-state index < -0.39 is 0 Å². The summed E-state index contributed by atoms with van der Waals surface area (Å²) in [6.07, 6.45) is 2.07. The summed E-state index contributed by atoms with van der Waals surface area (Å²) in [7, 11) is 0. The van der Waals surface area contributed by atoms with E-state index in [0.717, 1.165) is 28.1 Å². The van der Waals surface area contributed by atoms with Gasteiger partial charge in [-0.3, -0.25) is 9.69 Å². The van der Waals surface area contributed by atoms with Crippen LogP contribution in [0.15, 0.2) is 78.9 Å². The topological polar surface area (TPSA) is 20.3 Å². The average Bonchev–Trinajstić information content (AvgIpc) is 2.89. The van der Waals surface area contributed by atoms with E-state index >= 15 is 0 Å². The van der Waals surface area contributed by atoms with E-state index in [0.29, 0.717) is 0 Å². The Bertz CT molecular complexity index is 924. The molecule has 0 aliphatic carbocycles. The molecular weight excluding hydrogens is 294 g/mol. The smallest absolute Gasteiger partial charge is 0.263 e. The van der Waals surface area contributed by atoms with Gasteiger partial charge in [0, 0.05) is 16.8 Å². The van der Waals surface area contributed by atoms with Crippen LogP contribution in [0.1, 0.15) is 27.0 Å². The molecule has 4 rings (SSSR count). The number of hydrogen-bond acceptors (Lipinski definition) is 1. The van der Waals surface area contributed by atoms with Gasteiger partial charge in [-0.15, -0.1) is 0 Å². The molecule has 0 spiro atoms. The Hall–Kier alpha value is -3.13. The maximum Gasteiger partial charge on any atom is 0.263 e. The van der Waals surface area contributed by atoms with Crippen LogP contribution >= 0.6 is 0 Å². The second-order valence-electron chi connectivity index (χ2n) is 5.96. The first-order valence-electron chi connectivity index (χ1n) is 8.01. The van der Waals surface area contributed by atoms with Gasteiger partial charge in [0.15, 0.2) is 0 Å². The van der Waals surface area contributed by atoms with Crippen molar-refractivity contribution < 1.29 is 4.79 Å². The number of rotatable bonds is 2. The molecule has 1 aliphatic heterocycles. The molecule has 2 heteroatoms. The van der Waals surface area contributed by atoms with Crippen molar-refractivity contribution in [1.29, 1.82) is 0 Å². The minimum Gasteiger partial charge on any atom is -0.276 e. The van der Waals surface area contributed by atoms with E-state index in [1.54, 1.807) is 4.90 Å². The van der Waals surface area contributed by atoms with E-state index in [4.69, 9.17) is 0 Å². The molecule has 3 aromatic rings. The zero-order valence-electron chi connectivity index (χ0n) is 13.4. The van der Waals surface area contributed by atoms with Crippen molar-refractivity contribution >= 4 is 23.4 Å². The first kappa shape index (κ1) is 14.5. The lowest BCUT2D eigenvalue weighted by atomic mass is 10.1. The molecule has 1 aliphatic rings. The summed E-state index contributed by atoms with van der Waals surface area (Å²) in [5.74, 6) is 0.0247. The van der Waals surface area contributed by atoms with Gasteiger partial charge in [0.2, 0.25) is 0 Å². The summed E-state index contributed by atoms with van der Waals surface area (Å²) in [5.41, 5.74) is 5.80. The van der Waals surface area contributed by atoms with Gasteiger partial charge in [-0.25, -0.2) is 0 Å². The highest BCUT2D eigenvalue weighted by Crippen LogP contribution is 2.37. The number of hydrogen-bond donors (Lipinski definition) is 0. The largest absolute Gasteiger partial charge is 0.276 e. The summed E-state index contributed by atoms with van der Waals surface area (Å²) in [6, 6.07) is 26.0. The Morgan fingerprint density at radius 1 is 0.750 bits per heavy atom. The second kappa shape index (κ2) is 5.82. The molecule has 1 amide bonds. The fraction of sp³-hybridized carbons (Fsp3) is 0.0455. The van der Waals surface area contributed by atoms with E-state index in [2.05, 4.69) is 6.08 Å². The van der Waals surface area contributed by atoms with Crippen LogP contribution in [0.4, 0.5) is 5.69 Å². The van der Waals surface area contributed by atoms with Crippen LogP contribution in [0.5, 0.6) is 0 Å². The summed E-state index contributed by atoms with van der Waals surface area (Å²) in [4.78, 5) is 14.8.